The maximum absolute atomic E-state index is 11.9. The minimum atomic E-state index is -0.255. The van der Waals surface area contributed by atoms with Crippen molar-refractivity contribution in [3.63, 3.8) is 0 Å². The Labute approximate surface area is 119 Å². The van der Waals surface area contributed by atoms with Crippen molar-refractivity contribution >= 4 is 21.8 Å². The van der Waals surface area contributed by atoms with Crippen molar-refractivity contribution < 1.29 is 4.79 Å². The van der Waals surface area contributed by atoms with Crippen molar-refractivity contribution in [1.82, 2.24) is 10.3 Å². The van der Waals surface area contributed by atoms with E-state index in [0.717, 1.165) is 5.56 Å². The highest BCUT2D eigenvalue weighted by Gasteiger charge is 2.10. The van der Waals surface area contributed by atoms with Crippen LogP contribution in [0.25, 0.3) is 0 Å². The second-order valence-electron chi connectivity index (χ2n) is 3.83. The standard InChI is InChI=1S/C14H10BrN3O/c15-12-5-2-6-17-13(12)14(19)18-9-11-4-1-3-10(7-11)8-16/h1-7H,9H2,(H,18,19). The summed E-state index contributed by atoms with van der Waals surface area (Å²) in [5.41, 5.74) is 1.80. The molecule has 0 bridgehead atoms. The molecular weight excluding hydrogens is 306 g/mol. The first-order chi connectivity index (χ1) is 9.20. The Bertz CT molecular complexity index is 649. The van der Waals surface area contributed by atoms with Gasteiger partial charge in [-0.05, 0) is 45.8 Å². The molecule has 0 aliphatic carbocycles. The zero-order valence-electron chi connectivity index (χ0n) is 9.93. The Morgan fingerprint density at radius 1 is 1.37 bits per heavy atom. The average Bonchev–Trinajstić information content (AvgIpc) is 2.45. The molecular formula is C14H10BrN3O. The number of hydrogen-bond donors (Lipinski definition) is 1. The van der Waals surface area contributed by atoms with Crippen LogP contribution in [-0.4, -0.2) is 10.9 Å². The molecule has 1 heterocycles. The van der Waals surface area contributed by atoms with E-state index in [-0.39, 0.29) is 5.91 Å². The van der Waals surface area contributed by atoms with Crippen molar-refractivity contribution in [2.45, 2.75) is 6.54 Å². The third-order valence-corrected chi connectivity index (χ3v) is 3.12. The van der Waals surface area contributed by atoms with Crippen LogP contribution in [-0.2, 0) is 6.54 Å². The Balaban J connectivity index is 2.05. The molecule has 0 saturated carbocycles. The Kier molecular flexibility index (Phi) is 4.26. The second-order valence-corrected chi connectivity index (χ2v) is 4.68. The topological polar surface area (TPSA) is 65.8 Å². The number of pyridine rings is 1. The lowest BCUT2D eigenvalue weighted by Crippen LogP contribution is -2.24. The predicted octanol–water partition coefficient (Wildman–Crippen LogP) is 2.65. The summed E-state index contributed by atoms with van der Waals surface area (Å²) in [6, 6.07) is 12.7. The molecule has 2 rings (SSSR count). The number of rotatable bonds is 3. The smallest absolute Gasteiger partial charge is 0.271 e. The molecule has 94 valence electrons. The van der Waals surface area contributed by atoms with Crippen LogP contribution in [0.5, 0.6) is 0 Å². The van der Waals surface area contributed by atoms with E-state index in [1.807, 2.05) is 6.07 Å². The quantitative estimate of drug-likeness (QED) is 0.946. The van der Waals surface area contributed by atoms with Gasteiger partial charge in [-0.25, -0.2) is 4.98 Å². The number of nitriles is 1. The van der Waals surface area contributed by atoms with E-state index in [2.05, 4.69) is 32.3 Å². The van der Waals surface area contributed by atoms with E-state index in [4.69, 9.17) is 5.26 Å². The monoisotopic (exact) mass is 315 g/mol. The molecule has 4 nitrogen and oxygen atoms in total. The minimum absolute atomic E-state index is 0.255. The number of nitrogens with zero attached hydrogens (tertiary/aromatic N) is 2. The van der Waals surface area contributed by atoms with E-state index >= 15 is 0 Å². The van der Waals surface area contributed by atoms with Crippen LogP contribution < -0.4 is 5.32 Å². The summed E-state index contributed by atoms with van der Waals surface area (Å²) in [5.74, 6) is -0.255. The second kappa shape index (κ2) is 6.12. The maximum Gasteiger partial charge on any atom is 0.271 e. The van der Waals surface area contributed by atoms with Gasteiger partial charge in [0, 0.05) is 17.2 Å². The van der Waals surface area contributed by atoms with Crippen LogP contribution in [0.3, 0.4) is 0 Å². The molecule has 0 aliphatic rings. The Hall–Kier alpha value is -2.19. The molecule has 0 fully saturated rings. The molecule has 5 heteroatoms. The number of carbonyl (C=O) groups excluding carboxylic acids is 1. The largest absolute Gasteiger partial charge is 0.347 e. The summed E-state index contributed by atoms with van der Waals surface area (Å²) in [4.78, 5) is 15.9. The summed E-state index contributed by atoms with van der Waals surface area (Å²) >= 11 is 3.28. The van der Waals surface area contributed by atoms with Crippen molar-refractivity contribution in [3.05, 3.63) is 63.9 Å². The first-order valence-corrected chi connectivity index (χ1v) is 6.38. The van der Waals surface area contributed by atoms with Crippen LogP contribution in [0.1, 0.15) is 21.6 Å². The molecule has 0 radical (unpaired) electrons. The van der Waals surface area contributed by atoms with E-state index < -0.39 is 0 Å². The fourth-order valence-corrected chi connectivity index (χ4v) is 2.00. The van der Waals surface area contributed by atoms with Crippen LogP contribution in [0.15, 0.2) is 47.1 Å². The van der Waals surface area contributed by atoms with Gasteiger partial charge in [-0.1, -0.05) is 12.1 Å². The third-order valence-electron chi connectivity index (χ3n) is 2.48. The molecule has 0 atom stereocenters. The van der Waals surface area contributed by atoms with Crippen molar-refractivity contribution in [1.29, 1.82) is 5.26 Å². The minimum Gasteiger partial charge on any atom is -0.347 e. The zero-order valence-corrected chi connectivity index (χ0v) is 11.5. The maximum atomic E-state index is 11.9. The number of aromatic nitrogens is 1. The average molecular weight is 316 g/mol. The van der Waals surface area contributed by atoms with Crippen LogP contribution >= 0.6 is 15.9 Å². The van der Waals surface area contributed by atoms with Gasteiger partial charge in [0.05, 0.1) is 11.6 Å². The molecule has 0 unspecified atom stereocenters. The van der Waals surface area contributed by atoms with Crippen LogP contribution in [0, 0.1) is 11.3 Å². The molecule has 1 N–H and O–H groups in total. The highest BCUT2D eigenvalue weighted by molar-refractivity contribution is 9.10. The van der Waals surface area contributed by atoms with E-state index in [1.54, 1.807) is 36.5 Å². The number of benzene rings is 1. The Morgan fingerprint density at radius 3 is 2.95 bits per heavy atom. The SMILES string of the molecule is N#Cc1cccc(CNC(=O)c2ncccc2Br)c1. The summed E-state index contributed by atoms with van der Waals surface area (Å²) < 4.78 is 0.651. The number of nitrogens with one attached hydrogen (secondary N) is 1. The van der Waals surface area contributed by atoms with Gasteiger partial charge in [-0.3, -0.25) is 4.79 Å². The van der Waals surface area contributed by atoms with Gasteiger partial charge >= 0.3 is 0 Å². The lowest BCUT2D eigenvalue weighted by molar-refractivity contribution is 0.0945. The van der Waals surface area contributed by atoms with E-state index in [0.29, 0.717) is 22.3 Å². The number of hydrogen-bond acceptors (Lipinski definition) is 3. The molecule has 1 aromatic carbocycles. The van der Waals surface area contributed by atoms with Gasteiger partial charge in [-0.15, -0.1) is 0 Å². The van der Waals surface area contributed by atoms with Gasteiger partial charge < -0.3 is 5.32 Å². The zero-order chi connectivity index (χ0) is 13.7. The summed E-state index contributed by atoms with van der Waals surface area (Å²) in [6.07, 6.45) is 1.57. The van der Waals surface area contributed by atoms with Crippen LogP contribution in [0.4, 0.5) is 0 Å². The first-order valence-electron chi connectivity index (χ1n) is 5.58. The highest BCUT2D eigenvalue weighted by atomic mass is 79.9. The summed E-state index contributed by atoms with van der Waals surface area (Å²) in [7, 11) is 0. The molecule has 1 aromatic heterocycles. The highest BCUT2D eigenvalue weighted by Crippen LogP contribution is 2.13. The van der Waals surface area contributed by atoms with Gasteiger partial charge in [0.1, 0.15) is 5.69 Å². The lowest BCUT2D eigenvalue weighted by atomic mass is 10.1. The molecule has 0 aliphatic heterocycles. The van der Waals surface area contributed by atoms with Gasteiger partial charge in [0.15, 0.2) is 0 Å². The van der Waals surface area contributed by atoms with Gasteiger partial charge in [0.2, 0.25) is 0 Å². The van der Waals surface area contributed by atoms with Gasteiger partial charge in [0.25, 0.3) is 5.91 Å². The summed E-state index contributed by atoms with van der Waals surface area (Å²) in [5, 5.41) is 11.6. The third kappa shape index (κ3) is 3.39. The number of carbonyl (C=O) groups is 1. The first kappa shape index (κ1) is 13.2. The van der Waals surface area contributed by atoms with Crippen molar-refractivity contribution in [3.8, 4) is 6.07 Å². The van der Waals surface area contributed by atoms with Crippen molar-refractivity contribution in [2.75, 3.05) is 0 Å². The summed E-state index contributed by atoms with van der Waals surface area (Å²) in [6.45, 7) is 0.358. The predicted molar refractivity (Wildman–Crippen MR) is 74.3 cm³/mol. The Morgan fingerprint density at radius 2 is 2.21 bits per heavy atom. The normalized spacial score (nSPS) is 9.68. The van der Waals surface area contributed by atoms with E-state index in [9.17, 15) is 4.79 Å². The number of amides is 1. The molecule has 0 saturated heterocycles. The lowest BCUT2D eigenvalue weighted by Gasteiger charge is -2.06. The number of halogens is 1. The van der Waals surface area contributed by atoms with Gasteiger partial charge in [-0.2, -0.15) is 5.26 Å². The molecule has 19 heavy (non-hydrogen) atoms. The molecule has 0 spiro atoms. The van der Waals surface area contributed by atoms with Crippen LogP contribution in [0.2, 0.25) is 0 Å². The van der Waals surface area contributed by atoms with Crippen molar-refractivity contribution in [2.24, 2.45) is 0 Å². The fraction of sp³-hybridized carbons (Fsp3) is 0.0714. The fourth-order valence-electron chi connectivity index (χ4n) is 1.57. The molecule has 2 aromatic rings. The molecule has 1 amide bonds. The van der Waals surface area contributed by atoms with E-state index in [1.165, 1.54) is 0 Å².